The van der Waals surface area contributed by atoms with Crippen LogP contribution in [0.15, 0.2) is 53.9 Å². The SMILES string of the molecule is O=C(C=Cc1ccc(Cl)cc1Cl)Nc1nc(-c2ccccc2Cl)cs1. The summed E-state index contributed by atoms with van der Waals surface area (Å²) in [4.78, 5) is 16.4. The van der Waals surface area contributed by atoms with Crippen LogP contribution in [0.4, 0.5) is 5.13 Å². The van der Waals surface area contributed by atoms with Crippen molar-refractivity contribution in [3.8, 4) is 11.3 Å². The molecule has 1 amide bonds. The highest BCUT2D eigenvalue weighted by Crippen LogP contribution is 2.30. The van der Waals surface area contributed by atoms with Crippen LogP contribution in [0.25, 0.3) is 17.3 Å². The first kappa shape index (κ1) is 18.0. The van der Waals surface area contributed by atoms with Gasteiger partial charge in [0.2, 0.25) is 5.91 Å². The second kappa shape index (κ2) is 8.02. The van der Waals surface area contributed by atoms with E-state index in [1.807, 2.05) is 23.6 Å². The van der Waals surface area contributed by atoms with E-state index in [1.165, 1.54) is 17.4 Å². The van der Waals surface area contributed by atoms with Gasteiger partial charge in [-0.2, -0.15) is 0 Å². The van der Waals surface area contributed by atoms with Crippen LogP contribution in [0.2, 0.25) is 15.1 Å². The number of halogens is 3. The molecule has 0 saturated carbocycles. The number of aromatic nitrogens is 1. The lowest BCUT2D eigenvalue weighted by atomic mass is 10.2. The molecule has 0 aliphatic rings. The third-order valence-corrected chi connectivity index (χ3v) is 4.91. The lowest BCUT2D eigenvalue weighted by Gasteiger charge is -2.00. The number of hydrogen-bond donors (Lipinski definition) is 1. The molecule has 3 rings (SSSR count). The first-order chi connectivity index (χ1) is 12.0. The molecule has 1 heterocycles. The molecule has 3 nitrogen and oxygen atoms in total. The minimum absolute atomic E-state index is 0.300. The van der Waals surface area contributed by atoms with Gasteiger partial charge < -0.3 is 0 Å². The van der Waals surface area contributed by atoms with E-state index in [1.54, 1.807) is 30.3 Å². The van der Waals surface area contributed by atoms with E-state index in [9.17, 15) is 4.79 Å². The van der Waals surface area contributed by atoms with Gasteiger partial charge in [0, 0.05) is 32.1 Å². The maximum absolute atomic E-state index is 12.1. The van der Waals surface area contributed by atoms with E-state index < -0.39 is 0 Å². The molecule has 2 aromatic carbocycles. The number of nitrogens with one attached hydrogen (secondary N) is 1. The number of rotatable bonds is 4. The second-order valence-electron chi connectivity index (χ2n) is 5.01. The van der Waals surface area contributed by atoms with Crippen LogP contribution in [0.1, 0.15) is 5.56 Å². The Labute approximate surface area is 163 Å². The zero-order valence-electron chi connectivity index (χ0n) is 12.7. The summed E-state index contributed by atoms with van der Waals surface area (Å²) in [6, 6.07) is 12.5. The molecule has 0 atom stereocenters. The van der Waals surface area contributed by atoms with Crippen LogP contribution >= 0.6 is 46.1 Å². The maximum atomic E-state index is 12.1. The van der Waals surface area contributed by atoms with Crippen LogP contribution in [0.3, 0.4) is 0 Å². The molecule has 0 spiro atoms. The van der Waals surface area contributed by atoms with E-state index >= 15 is 0 Å². The minimum atomic E-state index is -0.300. The van der Waals surface area contributed by atoms with E-state index in [-0.39, 0.29) is 5.91 Å². The van der Waals surface area contributed by atoms with Gasteiger partial charge in [0.15, 0.2) is 5.13 Å². The number of amides is 1. The number of nitrogens with zero attached hydrogens (tertiary/aromatic N) is 1. The molecule has 0 unspecified atom stereocenters. The van der Waals surface area contributed by atoms with Crippen molar-refractivity contribution in [1.82, 2.24) is 4.98 Å². The number of carbonyl (C=O) groups is 1. The zero-order chi connectivity index (χ0) is 17.8. The molecule has 0 radical (unpaired) electrons. The predicted molar refractivity (Wildman–Crippen MR) is 107 cm³/mol. The fourth-order valence-corrected chi connectivity index (χ4v) is 3.49. The molecule has 0 bridgehead atoms. The summed E-state index contributed by atoms with van der Waals surface area (Å²) in [6.45, 7) is 0. The van der Waals surface area contributed by atoms with Crippen molar-refractivity contribution in [2.45, 2.75) is 0 Å². The molecular formula is C18H11Cl3N2OS. The highest BCUT2D eigenvalue weighted by Gasteiger charge is 2.09. The molecular weight excluding hydrogens is 399 g/mol. The van der Waals surface area contributed by atoms with E-state index in [0.29, 0.717) is 25.8 Å². The Hall–Kier alpha value is -1.85. The van der Waals surface area contributed by atoms with E-state index in [2.05, 4.69) is 10.3 Å². The Morgan fingerprint density at radius 3 is 2.64 bits per heavy atom. The van der Waals surface area contributed by atoms with Gasteiger partial charge in [0.1, 0.15) is 0 Å². The molecule has 0 aliphatic carbocycles. The van der Waals surface area contributed by atoms with Crippen LogP contribution in [0.5, 0.6) is 0 Å². The largest absolute Gasteiger partial charge is 0.298 e. The second-order valence-corrected chi connectivity index (χ2v) is 7.12. The lowest BCUT2D eigenvalue weighted by Crippen LogP contribution is -2.07. The first-order valence-corrected chi connectivity index (χ1v) is 9.19. The molecule has 0 saturated heterocycles. The molecule has 7 heteroatoms. The lowest BCUT2D eigenvalue weighted by molar-refractivity contribution is -0.111. The molecule has 0 aliphatic heterocycles. The topological polar surface area (TPSA) is 42.0 Å². The fraction of sp³-hybridized carbons (Fsp3) is 0. The third kappa shape index (κ3) is 4.61. The highest BCUT2D eigenvalue weighted by atomic mass is 35.5. The average molecular weight is 410 g/mol. The minimum Gasteiger partial charge on any atom is -0.298 e. The zero-order valence-corrected chi connectivity index (χ0v) is 15.8. The Balaban J connectivity index is 1.70. The summed E-state index contributed by atoms with van der Waals surface area (Å²) >= 11 is 19.4. The van der Waals surface area contributed by atoms with Crippen LogP contribution < -0.4 is 5.32 Å². The third-order valence-electron chi connectivity index (χ3n) is 3.26. The number of hydrogen-bond acceptors (Lipinski definition) is 3. The summed E-state index contributed by atoms with van der Waals surface area (Å²) in [5, 5.41) is 6.69. The fourth-order valence-electron chi connectivity index (χ4n) is 2.07. The number of anilines is 1. The molecule has 1 aromatic heterocycles. The van der Waals surface area contributed by atoms with Crippen LogP contribution in [0, 0.1) is 0 Å². The van der Waals surface area contributed by atoms with Crippen molar-refractivity contribution in [2.75, 3.05) is 5.32 Å². The predicted octanol–water partition coefficient (Wildman–Crippen LogP) is 6.42. The van der Waals surface area contributed by atoms with Gasteiger partial charge in [-0.25, -0.2) is 4.98 Å². The Morgan fingerprint density at radius 2 is 1.88 bits per heavy atom. The normalized spacial score (nSPS) is 11.0. The number of thiazole rings is 1. The van der Waals surface area contributed by atoms with Crippen LogP contribution in [-0.4, -0.2) is 10.9 Å². The summed E-state index contributed by atoms with van der Waals surface area (Å²) in [5.41, 5.74) is 2.25. The summed E-state index contributed by atoms with van der Waals surface area (Å²) in [5.74, 6) is -0.300. The molecule has 25 heavy (non-hydrogen) atoms. The molecule has 126 valence electrons. The van der Waals surface area contributed by atoms with Gasteiger partial charge >= 0.3 is 0 Å². The van der Waals surface area contributed by atoms with Gasteiger partial charge in [-0.05, 0) is 29.8 Å². The van der Waals surface area contributed by atoms with Crippen molar-refractivity contribution < 1.29 is 4.79 Å². The summed E-state index contributed by atoms with van der Waals surface area (Å²) in [6.07, 6.45) is 3.02. The molecule has 3 aromatic rings. The first-order valence-electron chi connectivity index (χ1n) is 7.17. The van der Waals surface area contributed by atoms with E-state index in [4.69, 9.17) is 34.8 Å². The van der Waals surface area contributed by atoms with Gasteiger partial charge in [0.05, 0.1) is 5.69 Å². The van der Waals surface area contributed by atoms with Gasteiger partial charge in [-0.15, -0.1) is 11.3 Å². The van der Waals surface area contributed by atoms with Crippen molar-refractivity contribution in [3.05, 3.63) is 74.6 Å². The quantitative estimate of drug-likeness (QED) is 0.505. The van der Waals surface area contributed by atoms with Gasteiger partial charge in [-0.1, -0.05) is 59.1 Å². The van der Waals surface area contributed by atoms with Crippen molar-refractivity contribution in [1.29, 1.82) is 0 Å². The summed E-state index contributed by atoms with van der Waals surface area (Å²) in [7, 11) is 0. The van der Waals surface area contributed by atoms with Crippen LogP contribution in [-0.2, 0) is 4.79 Å². The average Bonchev–Trinajstić information content (AvgIpc) is 3.02. The standard InChI is InChI=1S/C18H11Cl3N2OS/c19-12-7-5-11(15(21)9-12)6-8-17(24)23-18-22-16(10-25-18)13-3-1-2-4-14(13)20/h1-10H,(H,22,23,24). The van der Waals surface area contributed by atoms with Gasteiger partial charge in [-0.3, -0.25) is 10.1 Å². The molecule has 0 fully saturated rings. The highest BCUT2D eigenvalue weighted by molar-refractivity contribution is 7.14. The van der Waals surface area contributed by atoms with Crippen molar-refractivity contribution >= 4 is 63.3 Å². The van der Waals surface area contributed by atoms with Crippen molar-refractivity contribution in [3.63, 3.8) is 0 Å². The Kier molecular flexibility index (Phi) is 5.76. The summed E-state index contributed by atoms with van der Waals surface area (Å²) < 4.78 is 0. The van der Waals surface area contributed by atoms with E-state index in [0.717, 1.165) is 11.3 Å². The monoisotopic (exact) mass is 408 g/mol. The number of carbonyl (C=O) groups excluding carboxylic acids is 1. The maximum Gasteiger partial charge on any atom is 0.250 e. The Bertz CT molecular complexity index is 953. The Morgan fingerprint density at radius 1 is 1.08 bits per heavy atom. The number of benzene rings is 2. The van der Waals surface area contributed by atoms with Crippen molar-refractivity contribution in [2.24, 2.45) is 0 Å². The van der Waals surface area contributed by atoms with Gasteiger partial charge in [0.25, 0.3) is 0 Å². The molecule has 1 N–H and O–H groups in total. The smallest absolute Gasteiger partial charge is 0.250 e.